The van der Waals surface area contributed by atoms with Crippen molar-refractivity contribution in [3.8, 4) is 11.1 Å². The third kappa shape index (κ3) is 2.05. The zero-order valence-corrected chi connectivity index (χ0v) is 11.6. The van der Waals surface area contributed by atoms with E-state index in [9.17, 15) is 0 Å². The third-order valence-electron chi connectivity index (χ3n) is 4.40. The molecule has 2 aromatic carbocycles. The molecule has 1 fully saturated rings. The van der Waals surface area contributed by atoms with E-state index in [2.05, 4.69) is 47.8 Å². The van der Waals surface area contributed by atoms with Crippen molar-refractivity contribution >= 4 is 0 Å². The van der Waals surface area contributed by atoms with Crippen molar-refractivity contribution < 1.29 is 4.74 Å². The lowest BCUT2D eigenvalue weighted by Gasteiger charge is -2.24. The molecular weight excluding hydrogens is 246 g/mol. The summed E-state index contributed by atoms with van der Waals surface area (Å²) in [6.07, 6.45) is 2.41. The van der Waals surface area contributed by atoms with E-state index in [0.29, 0.717) is 6.10 Å². The van der Waals surface area contributed by atoms with Gasteiger partial charge in [-0.05, 0) is 34.2 Å². The molecule has 20 heavy (non-hydrogen) atoms. The van der Waals surface area contributed by atoms with Gasteiger partial charge in [-0.3, -0.25) is 0 Å². The Morgan fingerprint density at radius 3 is 2.85 bits per heavy atom. The number of rotatable bonds is 2. The third-order valence-corrected chi connectivity index (χ3v) is 4.40. The van der Waals surface area contributed by atoms with Crippen LogP contribution in [0.15, 0.2) is 42.5 Å². The first-order valence-electron chi connectivity index (χ1n) is 7.43. The number of nitrogens with one attached hydrogen (secondary N) is 1. The molecule has 1 N–H and O–H groups in total. The molecule has 0 spiro atoms. The minimum atomic E-state index is 0.318. The Bertz CT molecular complexity index is 629. The summed E-state index contributed by atoms with van der Waals surface area (Å²) in [5.74, 6) is 0. The van der Waals surface area contributed by atoms with Gasteiger partial charge in [-0.2, -0.15) is 0 Å². The average Bonchev–Trinajstić information content (AvgIpc) is 2.88. The van der Waals surface area contributed by atoms with Crippen molar-refractivity contribution in [1.82, 2.24) is 5.32 Å². The molecule has 1 saturated heterocycles. The summed E-state index contributed by atoms with van der Waals surface area (Å²) < 4.78 is 5.86. The van der Waals surface area contributed by atoms with Gasteiger partial charge in [0.2, 0.25) is 0 Å². The molecule has 1 atom stereocenters. The molecule has 1 unspecified atom stereocenters. The van der Waals surface area contributed by atoms with Crippen molar-refractivity contribution in [3.05, 3.63) is 59.2 Å². The molecule has 2 nitrogen and oxygen atoms in total. The quantitative estimate of drug-likeness (QED) is 0.769. The number of ether oxygens (including phenoxy) is 1. The lowest BCUT2D eigenvalue weighted by molar-refractivity contribution is 0.0291. The predicted molar refractivity (Wildman–Crippen MR) is 81.0 cm³/mol. The lowest BCUT2D eigenvalue weighted by atomic mass is 9.97. The van der Waals surface area contributed by atoms with Gasteiger partial charge in [0.1, 0.15) is 0 Å². The van der Waals surface area contributed by atoms with Crippen LogP contribution in [0.3, 0.4) is 0 Å². The summed E-state index contributed by atoms with van der Waals surface area (Å²) in [7, 11) is 0. The second kappa shape index (κ2) is 5.04. The van der Waals surface area contributed by atoms with E-state index < -0.39 is 0 Å². The SMILES string of the molecule is c1ccc2c(c1)Cc1c(CC3CNCCO3)cccc1-2. The van der Waals surface area contributed by atoms with Crippen molar-refractivity contribution in [2.75, 3.05) is 19.7 Å². The minimum Gasteiger partial charge on any atom is -0.375 e. The Kier molecular flexibility index (Phi) is 3.06. The van der Waals surface area contributed by atoms with Crippen LogP contribution in [0.2, 0.25) is 0 Å². The van der Waals surface area contributed by atoms with E-state index in [1.54, 1.807) is 0 Å². The Labute approximate surface area is 119 Å². The first-order valence-corrected chi connectivity index (χ1v) is 7.43. The molecule has 1 aliphatic carbocycles. The molecule has 2 aromatic rings. The van der Waals surface area contributed by atoms with Gasteiger partial charge in [0.25, 0.3) is 0 Å². The molecule has 1 aliphatic heterocycles. The molecule has 0 amide bonds. The van der Waals surface area contributed by atoms with Gasteiger partial charge in [-0.1, -0.05) is 42.5 Å². The highest BCUT2D eigenvalue weighted by atomic mass is 16.5. The van der Waals surface area contributed by atoms with Crippen LogP contribution in [0, 0.1) is 0 Å². The summed E-state index contributed by atoms with van der Waals surface area (Å²) in [6, 6.07) is 15.5. The fraction of sp³-hybridized carbons (Fsp3) is 0.333. The summed E-state index contributed by atoms with van der Waals surface area (Å²) in [5.41, 5.74) is 7.24. The minimum absolute atomic E-state index is 0.318. The largest absolute Gasteiger partial charge is 0.375 e. The molecular formula is C18H19NO. The number of benzene rings is 2. The molecule has 4 rings (SSSR count). The van der Waals surface area contributed by atoms with E-state index in [1.807, 2.05) is 0 Å². The van der Waals surface area contributed by atoms with Gasteiger partial charge in [0.15, 0.2) is 0 Å². The van der Waals surface area contributed by atoms with Crippen LogP contribution >= 0.6 is 0 Å². The molecule has 0 radical (unpaired) electrons. The van der Waals surface area contributed by atoms with E-state index in [4.69, 9.17) is 4.74 Å². The van der Waals surface area contributed by atoms with Crippen LogP contribution in [0.4, 0.5) is 0 Å². The molecule has 1 heterocycles. The molecule has 0 aromatic heterocycles. The first kappa shape index (κ1) is 12.1. The Hall–Kier alpha value is -1.64. The highest BCUT2D eigenvalue weighted by Gasteiger charge is 2.22. The normalized spacial score (nSPS) is 20.5. The Balaban J connectivity index is 1.66. The maximum absolute atomic E-state index is 5.86. The first-order chi connectivity index (χ1) is 9.92. The highest BCUT2D eigenvalue weighted by molar-refractivity contribution is 5.77. The van der Waals surface area contributed by atoms with Crippen LogP contribution in [0.5, 0.6) is 0 Å². The number of hydrogen-bond acceptors (Lipinski definition) is 2. The maximum atomic E-state index is 5.86. The number of morpholine rings is 1. The fourth-order valence-corrected chi connectivity index (χ4v) is 3.41. The van der Waals surface area contributed by atoms with Crippen molar-refractivity contribution in [2.24, 2.45) is 0 Å². The topological polar surface area (TPSA) is 21.3 Å². The lowest BCUT2D eigenvalue weighted by Crippen LogP contribution is -2.39. The molecule has 2 heteroatoms. The molecule has 102 valence electrons. The molecule has 2 aliphatic rings. The van der Waals surface area contributed by atoms with Gasteiger partial charge in [-0.25, -0.2) is 0 Å². The van der Waals surface area contributed by atoms with Crippen LogP contribution < -0.4 is 5.32 Å². The van der Waals surface area contributed by atoms with Gasteiger partial charge in [0.05, 0.1) is 12.7 Å². The van der Waals surface area contributed by atoms with Gasteiger partial charge < -0.3 is 10.1 Å². The van der Waals surface area contributed by atoms with Crippen molar-refractivity contribution in [2.45, 2.75) is 18.9 Å². The van der Waals surface area contributed by atoms with Crippen LogP contribution in [0.1, 0.15) is 16.7 Å². The van der Waals surface area contributed by atoms with Crippen LogP contribution in [-0.4, -0.2) is 25.8 Å². The van der Waals surface area contributed by atoms with Crippen LogP contribution in [0.25, 0.3) is 11.1 Å². The summed E-state index contributed by atoms with van der Waals surface area (Å²) in [6.45, 7) is 2.78. The van der Waals surface area contributed by atoms with Gasteiger partial charge in [0, 0.05) is 19.5 Å². The van der Waals surface area contributed by atoms with Crippen molar-refractivity contribution in [3.63, 3.8) is 0 Å². The number of fused-ring (bicyclic) bond motifs is 3. The maximum Gasteiger partial charge on any atom is 0.0740 e. The average molecular weight is 265 g/mol. The summed E-state index contributed by atoms with van der Waals surface area (Å²) in [4.78, 5) is 0. The van der Waals surface area contributed by atoms with E-state index in [0.717, 1.165) is 32.5 Å². The van der Waals surface area contributed by atoms with E-state index in [-0.39, 0.29) is 0 Å². The van der Waals surface area contributed by atoms with E-state index >= 15 is 0 Å². The van der Waals surface area contributed by atoms with Crippen LogP contribution in [-0.2, 0) is 17.6 Å². The second-order valence-electron chi connectivity index (χ2n) is 5.68. The van der Waals surface area contributed by atoms with Gasteiger partial charge >= 0.3 is 0 Å². The molecule has 0 saturated carbocycles. The highest BCUT2D eigenvalue weighted by Crippen LogP contribution is 2.38. The molecule has 0 bridgehead atoms. The zero-order chi connectivity index (χ0) is 13.4. The standard InChI is InChI=1S/C18H19NO/c1-2-6-16-14(4-1)11-18-13(5-3-7-17(16)18)10-15-12-19-8-9-20-15/h1-7,15,19H,8-12H2. The smallest absolute Gasteiger partial charge is 0.0740 e. The zero-order valence-electron chi connectivity index (χ0n) is 11.6. The number of hydrogen-bond donors (Lipinski definition) is 1. The predicted octanol–water partition coefficient (Wildman–Crippen LogP) is 2.79. The summed E-state index contributed by atoms with van der Waals surface area (Å²) >= 11 is 0. The fourth-order valence-electron chi connectivity index (χ4n) is 3.41. The van der Waals surface area contributed by atoms with E-state index in [1.165, 1.54) is 27.8 Å². The Morgan fingerprint density at radius 1 is 1.05 bits per heavy atom. The Morgan fingerprint density at radius 2 is 1.95 bits per heavy atom. The summed E-state index contributed by atoms with van der Waals surface area (Å²) in [5, 5.41) is 3.41. The van der Waals surface area contributed by atoms with Gasteiger partial charge in [-0.15, -0.1) is 0 Å². The second-order valence-corrected chi connectivity index (χ2v) is 5.68. The van der Waals surface area contributed by atoms with Crippen molar-refractivity contribution in [1.29, 1.82) is 0 Å². The monoisotopic (exact) mass is 265 g/mol.